The second-order valence-electron chi connectivity index (χ2n) is 8.30. The average Bonchev–Trinajstić information content (AvgIpc) is 2.77. The van der Waals surface area contributed by atoms with Gasteiger partial charge in [0.05, 0.1) is 11.0 Å². The molecule has 4 fully saturated rings. The monoisotopic (exact) mass is 280 g/mol. The molecule has 4 aliphatic carbocycles. The predicted molar refractivity (Wildman–Crippen MR) is 85.1 cm³/mol. The number of imidazole rings is 1. The minimum Gasteiger partial charge on any atom is -0.342 e. The van der Waals surface area contributed by atoms with Crippen molar-refractivity contribution in [1.82, 2.24) is 9.97 Å². The summed E-state index contributed by atoms with van der Waals surface area (Å²) in [5.41, 5.74) is 4.25. The number of hydrogen-bond acceptors (Lipinski definition) is 1. The number of rotatable bonds is 2. The Hall–Kier alpha value is -1.31. The summed E-state index contributed by atoms with van der Waals surface area (Å²) in [6.45, 7) is 2.15. The number of H-pyrrole nitrogens is 1. The van der Waals surface area contributed by atoms with Crippen LogP contribution in [0.5, 0.6) is 0 Å². The maximum Gasteiger partial charge on any atom is 0.107 e. The summed E-state index contributed by atoms with van der Waals surface area (Å²) in [6.07, 6.45) is 10.2. The van der Waals surface area contributed by atoms with Gasteiger partial charge in [-0.15, -0.1) is 0 Å². The fourth-order valence-electron chi connectivity index (χ4n) is 6.12. The number of hydrogen-bond donors (Lipinski definition) is 1. The van der Waals surface area contributed by atoms with Crippen LogP contribution in [0.1, 0.15) is 49.9 Å². The van der Waals surface area contributed by atoms with Crippen LogP contribution in [-0.2, 0) is 6.42 Å². The SMILES string of the molecule is Cc1ccc2nc(CC34CC5CC(CC(C5)C3)C4)[nH]c2c1. The van der Waals surface area contributed by atoms with Crippen molar-refractivity contribution < 1.29 is 0 Å². The molecule has 0 atom stereocenters. The number of benzene rings is 1. The van der Waals surface area contributed by atoms with E-state index in [2.05, 4.69) is 30.1 Å². The largest absolute Gasteiger partial charge is 0.342 e. The molecule has 0 radical (unpaired) electrons. The molecule has 0 saturated heterocycles. The molecule has 1 N–H and O–H groups in total. The van der Waals surface area contributed by atoms with Gasteiger partial charge in [-0.05, 0) is 86.3 Å². The van der Waals surface area contributed by atoms with E-state index in [1.807, 2.05) is 0 Å². The van der Waals surface area contributed by atoms with Crippen molar-refractivity contribution in [2.75, 3.05) is 0 Å². The topological polar surface area (TPSA) is 28.7 Å². The van der Waals surface area contributed by atoms with Crippen LogP contribution in [0.15, 0.2) is 18.2 Å². The molecule has 1 aromatic heterocycles. The van der Waals surface area contributed by atoms with Crippen molar-refractivity contribution in [3.63, 3.8) is 0 Å². The lowest BCUT2D eigenvalue weighted by atomic mass is 9.49. The summed E-state index contributed by atoms with van der Waals surface area (Å²) >= 11 is 0. The molecule has 0 amide bonds. The fourth-order valence-corrected chi connectivity index (χ4v) is 6.12. The molecule has 4 aliphatic rings. The summed E-state index contributed by atoms with van der Waals surface area (Å²) in [4.78, 5) is 8.47. The molecule has 0 spiro atoms. The van der Waals surface area contributed by atoms with Crippen LogP contribution >= 0.6 is 0 Å². The third-order valence-electron chi connectivity index (χ3n) is 6.39. The van der Waals surface area contributed by atoms with E-state index in [4.69, 9.17) is 4.98 Å². The van der Waals surface area contributed by atoms with Gasteiger partial charge in [0.1, 0.15) is 5.82 Å². The molecular formula is C19H24N2. The standard InChI is InChI=1S/C19H24N2/c1-12-2-3-16-17(4-12)21-18(20-16)11-19-8-13-5-14(9-19)7-15(6-13)10-19/h2-4,13-15H,5-11H2,1H3,(H,20,21). The number of fused-ring (bicyclic) bond motifs is 1. The van der Waals surface area contributed by atoms with Crippen LogP contribution < -0.4 is 0 Å². The molecule has 21 heavy (non-hydrogen) atoms. The molecule has 4 bridgehead atoms. The first kappa shape index (κ1) is 12.3. The van der Waals surface area contributed by atoms with Crippen molar-refractivity contribution in [3.05, 3.63) is 29.6 Å². The van der Waals surface area contributed by atoms with Crippen molar-refractivity contribution in [2.24, 2.45) is 23.2 Å². The van der Waals surface area contributed by atoms with Gasteiger partial charge >= 0.3 is 0 Å². The molecule has 1 heterocycles. The van der Waals surface area contributed by atoms with Crippen LogP contribution in [0.3, 0.4) is 0 Å². The van der Waals surface area contributed by atoms with E-state index in [9.17, 15) is 0 Å². The molecule has 2 aromatic rings. The molecule has 2 nitrogen and oxygen atoms in total. The Balaban J connectivity index is 1.48. The van der Waals surface area contributed by atoms with Gasteiger partial charge in [0, 0.05) is 6.42 Å². The highest BCUT2D eigenvalue weighted by atomic mass is 14.9. The lowest BCUT2D eigenvalue weighted by Crippen LogP contribution is -2.47. The van der Waals surface area contributed by atoms with Crippen molar-refractivity contribution >= 4 is 11.0 Å². The Kier molecular flexibility index (Phi) is 2.40. The lowest BCUT2D eigenvalue weighted by molar-refractivity contribution is -0.0530. The van der Waals surface area contributed by atoms with E-state index in [0.717, 1.165) is 23.3 Å². The second-order valence-corrected chi connectivity index (χ2v) is 8.30. The van der Waals surface area contributed by atoms with Gasteiger partial charge in [-0.25, -0.2) is 4.98 Å². The van der Waals surface area contributed by atoms with Gasteiger partial charge < -0.3 is 4.98 Å². The molecular weight excluding hydrogens is 256 g/mol. The highest BCUT2D eigenvalue weighted by Gasteiger charge is 2.50. The summed E-state index contributed by atoms with van der Waals surface area (Å²) in [5, 5.41) is 0. The summed E-state index contributed by atoms with van der Waals surface area (Å²) < 4.78 is 0. The minimum atomic E-state index is 0.581. The molecule has 1 aromatic carbocycles. The van der Waals surface area contributed by atoms with Gasteiger partial charge in [-0.3, -0.25) is 0 Å². The zero-order valence-corrected chi connectivity index (χ0v) is 12.9. The van der Waals surface area contributed by atoms with Crippen LogP contribution in [0.4, 0.5) is 0 Å². The van der Waals surface area contributed by atoms with E-state index in [1.54, 1.807) is 0 Å². The third kappa shape index (κ3) is 1.95. The zero-order valence-electron chi connectivity index (χ0n) is 12.9. The Labute approximate surface area is 126 Å². The van der Waals surface area contributed by atoms with E-state index in [0.29, 0.717) is 5.41 Å². The smallest absolute Gasteiger partial charge is 0.107 e. The van der Waals surface area contributed by atoms with Crippen molar-refractivity contribution in [3.8, 4) is 0 Å². The molecule has 110 valence electrons. The Morgan fingerprint density at radius 3 is 2.43 bits per heavy atom. The average molecular weight is 280 g/mol. The number of aryl methyl sites for hydroxylation is 1. The maximum atomic E-state index is 4.87. The van der Waals surface area contributed by atoms with Crippen LogP contribution in [0.25, 0.3) is 11.0 Å². The van der Waals surface area contributed by atoms with E-state index >= 15 is 0 Å². The second kappa shape index (κ2) is 4.12. The van der Waals surface area contributed by atoms with E-state index < -0.39 is 0 Å². The lowest BCUT2D eigenvalue weighted by Gasteiger charge is -2.56. The van der Waals surface area contributed by atoms with Gasteiger partial charge in [0.25, 0.3) is 0 Å². The van der Waals surface area contributed by atoms with Crippen LogP contribution in [-0.4, -0.2) is 9.97 Å². The quantitative estimate of drug-likeness (QED) is 0.853. The minimum absolute atomic E-state index is 0.581. The molecule has 0 aliphatic heterocycles. The first-order valence-electron chi connectivity index (χ1n) is 8.63. The van der Waals surface area contributed by atoms with Crippen LogP contribution in [0, 0.1) is 30.1 Å². The number of nitrogens with zero attached hydrogens (tertiary/aromatic N) is 1. The summed E-state index contributed by atoms with van der Waals surface area (Å²) in [7, 11) is 0. The van der Waals surface area contributed by atoms with Gasteiger partial charge in [0.2, 0.25) is 0 Å². The van der Waals surface area contributed by atoms with Gasteiger partial charge in [0.15, 0.2) is 0 Å². The van der Waals surface area contributed by atoms with Crippen molar-refractivity contribution in [1.29, 1.82) is 0 Å². The van der Waals surface area contributed by atoms with Crippen molar-refractivity contribution in [2.45, 2.75) is 51.9 Å². The highest BCUT2D eigenvalue weighted by molar-refractivity contribution is 5.75. The van der Waals surface area contributed by atoms with E-state index in [1.165, 1.54) is 61.9 Å². The summed E-state index contributed by atoms with van der Waals surface area (Å²) in [6, 6.07) is 6.55. The van der Waals surface area contributed by atoms with Gasteiger partial charge in [-0.1, -0.05) is 6.07 Å². The highest BCUT2D eigenvalue weighted by Crippen LogP contribution is 2.60. The Bertz CT molecular complexity index is 661. The molecule has 4 saturated carbocycles. The normalized spacial score (nSPS) is 37.5. The first-order valence-corrected chi connectivity index (χ1v) is 8.63. The maximum absolute atomic E-state index is 4.87. The molecule has 0 unspecified atom stereocenters. The third-order valence-corrected chi connectivity index (χ3v) is 6.39. The fraction of sp³-hybridized carbons (Fsp3) is 0.632. The zero-order chi connectivity index (χ0) is 14.0. The molecule has 6 rings (SSSR count). The first-order chi connectivity index (χ1) is 10.2. The van der Waals surface area contributed by atoms with Crippen LogP contribution in [0.2, 0.25) is 0 Å². The predicted octanol–water partition coefficient (Wildman–Crippen LogP) is 4.63. The van der Waals surface area contributed by atoms with Gasteiger partial charge in [-0.2, -0.15) is 0 Å². The number of aromatic nitrogens is 2. The molecule has 2 heteroatoms. The Morgan fingerprint density at radius 1 is 1.10 bits per heavy atom. The summed E-state index contributed by atoms with van der Waals surface area (Å²) in [5.74, 6) is 4.33. The Morgan fingerprint density at radius 2 is 1.76 bits per heavy atom. The number of nitrogens with one attached hydrogen (secondary N) is 1. The number of aromatic amines is 1. The van der Waals surface area contributed by atoms with E-state index in [-0.39, 0.29) is 0 Å².